The van der Waals surface area contributed by atoms with Crippen LogP contribution in [0, 0.1) is 0 Å². The maximum absolute atomic E-state index is 3.57. The molecule has 3 rings (SSSR count). The third kappa shape index (κ3) is 3.05. The van der Waals surface area contributed by atoms with E-state index in [0.717, 1.165) is 19.5 Å². The molecule has 0 saturated carbocycles. The number of aromatic nitrogens is 1. The van der Waals surface area contributed by atoms with Crippen LogP contribution >= 0.6 is 0 Å². The van der Waals surface area contributed by atoms with Gasteiger partial charge in [0.15, 0.2) is 0 Å². The van der Waals surface area contributed by atoms with Gasteiger partial charge in [0.05, 0.1) is 13.1 Å². The van der Waals surface area contributed by atoms with Crippen molar-refractivity contribution in [3.63, 3.8) is 0 Å². The maximum atomic E-state index is 3.57. The average molecular weight is 277 g/mol. The van der Waals surface area contributed by atoms with E-state index in [4.69, 9.17) is 0 Å². The normalized spacial score (nSPS) is 10.7. The van der Waals surface area contributed by atoms with Gasteiger partial charge in [-0.2, -0.15) is 0 Å². The highest BCUT2D eigenvalue weighted by Gasteiger charge is 2.10. The van der Waals surface area contributed by atoms with Crippen molar-refractivity contribution in [3.05, 3.63) is 72.3 Å². The van der Waals surface area contributed by atoms with Crippen LogP contribution in [0.2, 0.25) is 0 Å². The first kappa shape index (κ1) is 13.6. The van der Waals surface area contributed by atoms with Crippen molar-refractivity contribution in [2.24, 2.45) is 0 Å². The van der Waals surface area contributed by atoms with Crippen molar-refractivity contribution in [2.75, 3.05) is 11.9 Å². The van der Waals surface area contributed by atoms with Gasteiger partial charge < -0.3 is 0 Å². The van der Waals surface area contributed by atoms with E-state index in [0.29, 0.717) is 0 Å². The smallest absolute Gasteiger partial charge is 0.274 e. The maximum Gasteiger partial charge on any atom is 0.274 e. The number of nitrogens with zero attached hydrogens (tertiary/aromatic N) is 1. The number of benzene rings is 2. The van der Waals surface area contributed by atoms with E-state index in [9.17, 15) is 0 Å². The molecule has 0 unspecified atom stereocenters. The lowest BCUT2D eigenvalue weighted by Crippen LogP contribution is -2.37. The molecule has 1 aromatic heterocycles. The zero-order valence-electron chi connectivity index (χ0n) is 12.4. The Morgan fingerprint density at radius 3 is 2.43 bits per heavy atom. The minimum atomic E-state index is 0.947. The average Bonchev–Trinajstić information content (AvgIpc) is 2.55. The Bertz CT molecular complexity index is 720. The zero-order valence-corrected chi connectivity index (χ0v) is 12.4. The number of anilines is 1. The van der Waals surface area contributed by atoms with Crippen molar-refractivity contribution < 1.29 is 4.57 Å². The second-order valence-electron chi connectivity index (χ2n) is 5.18. The van der Waals surface area contributed by atoms with Crippen LogP contribution in [0.15, 0.2) is 66.7 Å². The van der Waals surface area contributed by atoms with Gasteiger partial charge in [-0.1, -0.05) is 48.5 Å². The molecule has 2 heteroatoms. The summed E-state index contributed by atoms with van der Waals surface area (Å²) in [5.41, 5.74) is 2.65. The van der Waals surface area contributed by atoms with Gasteiger partial charge in [-0.05, 0) is 24.6 Å². The van der Waals surface area contributed by atoms with Crippen LogP contribution < -0.4 is 9.88 Å². The highest BCUT2D eigenvalue weighted by atomic mass is 15.1. The Morgan fingerprint density at radius 1 is 0.857 bits per heavy atom. The first-order chi connectivity index (χ1) is 10.4. The fourth-order valence-electron chi connectivity index (χ4n) is 2.74. The number of nitrogens with one attached hydrogen (secondary N) is 1. The van der Waals surface area contributed by atoms with E-state index in [1.807, 2.05) is 0 Å². The predicted octanol–water partition coefficient (Wildman–Crippen LogP) is 3.80. The molecule has 0 saturated heterocycles. The van der Waals surface area contributed by atoms with Crippen LogP contribution in [0.3, 0.4) is 0 Å². The summed E-state index contributed by atoms with van der Waals surface area (Å²) < 4.78 is 2.33. The molecule has 0 bridgehead atoms. The molecule has 1 heterocycles. The summed E-state index contributed by atoms with van der Waals surface area (Å²) in [5.74, 6) is 1.19. The Morgan fingerprint density at radius 2 is 1.62 bits per heavy atom. The number of aryl methyl sites for hydroxylation is 1. The van der Waals surface area contributed by atoms with Gasteiger partial charge >= 0.3 is 0 Å². The highest BCUT2D eigenvalue weighted by molar-refractivity contribution is 5.76. The Balaban J connectivity index is 1.77. The summed E-state index contributed by atoms with van der Waals surface area (Å²) in [7, 11) is 0. The van der Waals surface area contributed by atoms with Gasteiger partial charge in [0, 0.05) is 17.9 Å². The number of hydrogen-bond donors (Lipinski definition) is 1. The molecule has 0 aliphatic heterocycles. The molecule has 0 fully saturated rings. The quantitative estimate of drug-likeness (QED) is 0.701. The van der Waals surface area contributed by atoms with Crippen LogP contribution in [0.5, 0.6) is 0 Å². The van der Waals surface area contributed by atoms with Gasteiger partial charge in [0.25, 0.3) is 5.82 Å². The lowest BCUT2D eigenvalue weighted by atomic mass is 10.1. The van der Waals surface area contributed by atoms with Crippen LogP contribution in [-0.4, -0.2) is 6.54 Å². The number of para-hydroxylation sites is 1. The van der Waals surface area contributed by atoms with Crippen LogP contribution in [0.1, 0.15) is 12.5 Å². The fraction of sp³-hybridized carbons (Fsp3) is 0.211. The minimum Gasteiger partial charge on any atom is -0.274 e. The van der Waals surface area contributed by atoms with Gasteiger partial charge in [-0.3, -0.25) is 5.32 Å². The predicted molar refractivity (Wildman–Crippen MR) is 88.5 cm³/mol. The monoisotopic (exact) mass is 277 g/mol. The Kier molecular flexibility index (Phi) is 4.15. The summed E-state index contributed by atoms with van der Waals surface area (Å²) in [6.07, 6.45) is 1.04. The van der Waals surface area contributed by atoms with Gasteiger partial charge in [0.1, 0.15) is 5.52 Å². The number of hydrogen-bond acceptors (Lipinski definition) is 1. The minimum absolute atomic E-state index is 0.947. The summed E-state index contributed by atoms with van der Waals surface area (Å²) in [6, 6.07) is 23.5. The first-order valence-electron chi connectivity index (χ1n) is 7.58. The second-order valence-corrected chi connectivity index (χ2v) is 5.18. The Hall–Kier alpha value is -2.35. The largest absolute Gasteiger partial charge is 0.274 e. The number of rotatable bonds is 5. The molecule has 0 radical (unpaired) electrons. The molecule has 2 aromatic carbocycles. The van der Waals surface area contributed by atoms with E-state index in [1.54, 1.807) is 0 Å². The van der Waals surface area contributed by atoms with E-state index >= 15 is 0 Å². The van der Waals surface area contributed by atoms with Crippen LogP contribution in [0.25, 0.3) is 10.9 Å². The van der Waals surface area contributed by atoms with Crippen molar-refractivity contribution in [1.29, 1.82) is 0 Å². The molecule has 106 valence electrons. The summed E-state index contributed by atoms with van der Waals surface area (Å²) in [4.78, 5) is 0. The van der Waals surface area contributed by atoms with E-state index in [1.165, 1.54) is 22.3 Å². The molecule has 0 amide bonds. The van der Waals surface area contributed by atoms with Gasteiger partial charge in [-0.15, -0.1) is 0 Å². The summed E-state index contributed by atoms with van der Waals surface area (Å²) in [5, 5.41) is 4.85. The molecular weight excluding hydrogens is 256 g/mol. The fourth-order valence-corrected chi connectivity index (χ4v) is 2.74. The molecule has 0 aliphatic carbocycles. The van der Waals surface area contributed by atoms with Crippen LogP contribution in [0.4, 0.5) is 5.82 Å². The Labute approximate surface area is 126 Å². The molecule has 2 nitrogen and oxygen atoms in total. The molecule has 1 N–H and O–H groups in total. The third-order valence-electron chi connectivity index (χ3n) is 3.82. The topological polar surface area (TPSA) is 15.9 Å². The van der Waals surface area contributed by atoms with Crippen molar-refractivity contribution in [2.45, 2.75) is 19.9 Å². The lowest BCUT2D eigenvalue weighted by Gasteiger charge is -2.09. The standard InChI is InChI=1S/C19H20N2/c1-2-21-18-11-7-6-10-17(18)12-13-19(21)20-15-14-16-8-4-3-5-9-16/h3-13H,2,14-15H2,1H3/p+1. The molecule has 0 spiro atoms. The first-order valence-corrected chi connectivity index (χ1v) is 7.58. The van der Waals surface area contributed by atoms with Crippen molar-refractivity contribution in [1.82, 2.24) is 0 Å². The summed E-state index contributed by atoms with van der Waals surface area (Å²) >= 11 is 0. The van der Waals surface area contributed by atoms with Gasteiger partial charge in [0.2, 0.25) is 0 Å². The highest BCUT2D eigenvalue weighted by Crippen LogP contribution is 2.13. The molecule has 3 aromatic rings. The molecule has 0 aliphatic rings. The van der Waals surface area contributed by atoms with Crippen molar-refractivity contribution in [3.8, 4) is 0 Å². The second kappa shape index (κ2) is 6.40. The summed E-state index contributed by atoms with van der Waals surface area (Å²) in [6.45, 7) is 4.10. The lowest BCUT2D eigenvalue weighted by molar-refractivity contribution is -0.653. The third-order valence-corrected chi connectivity index (χ3v) is 3.82. The van der Waals surface area contributed by atoms with E-state index in [2.05, 4.69) is 83.5 Å². The van der Waals surface area contributed by atoms with Crippen LogP contribution in [-0.2, 0) is 13.0 Å². The molecule has 0 atom stereocenters. The number of fused-ring (bicyclic) bond motifs is 1. The van der Waals surface area contributed by atoms with E-state index in [-0.39, 0.29) is 0 Å². The van der Waals surface area contributed by atoms with Gasteiger partial charge in [-0.25, -0.2) is 4.57 Å². The molecular formula is C19H21N2+. The number of pyridine rings is 1. The van der Waals surface area contributed by atoms with E-state index < -0.39 is 0 Å². The van der Waals surface area contributed by atoms with Crippen molar-refractivity contribution >= 4 is 16.7 Å². The zero-order chi connectivity index (χ0) is 14.5. The SMILES string of the molecule is CC[n+]1c(NCCc2ccccc2)ccc2ccccc21. The molecule has 21 heavy (non-hydrogen) atoms.